The Labute approximate surface area is 196 Å². The number of fused-ring (bicyclic) bond motifs is 1. The fourth-order valence-electron chi connectivity index (χ4n) is 3.20. The third kappa shape index (κ3) is 5.32. The first-order valence-electron chi connectivity index (χ1n) is 10.2. The number of hydrogen-bond acceptors (Lipinski definition) is 6. The molecule has 1 aromatic heterocycles. The van der Waals surface area contributed by atoms with Gasteiger partial charge in [0.1, 0.15) is 5.75 Å². The molecule has 9 heteroatoms. The van der Waals surface area contributed by atoms with Crippen molar-refractivity contribution in [2.45, 2.75) is 31.8 Å². The van der Waals surface area contributed by atoms with Gasteiger partial charge in [0.05, 0.1) is 15.1 Å². The summed E-state index contributed by atoms with van der Waals surface area (Å²) in [5.41, 5.74) is 3.05. The molecule has 170 valence electrons. The summed E-state index contributed by atoms with van der Waals surface area (Å²) in [6.07, 6.45) is -0.693. The molecule has 33 heavy (non-hydrogen) atoms. The van der Waals surface area contributed by atoms with Crippen LogP contribution in [0.1, 0.15) is 18.1 Å². The largest absolute Gasteiger partial charge is 0.481 e. The number of amides is 1. The highest BCUT2D eigenvalue weighted by atomic mass is 32.2. The number of anilines is 2. The van der Waals surface area contributed by atoms with E-state index in [1.807, 2.05) is 32.0 Å². The maximum atomic E-state index is 12.7. The molecule has 0 saturated carbocycles. The monoisotopic (exact) mass is 481 g/mol. The summed E-state index contributed by atoms with van der Waals surface area (Å²) in [5.74, 6) is 0.321. The number of ether oxygens (including phenoxy) is 1. The molecule has 0 bridgehead atoms. The number of thiazole rings is 1. The SMILES string of the molecule is Cc1ccc(S(=O)(=O)Nc2nc3c(C)cc(NC(=O)[C@H](C)Oc4ccccc4)cc3s2)cc1. The topological polar surface area (TPSA) is 97.4 Å². The summed E-state index contributed by atoms with van der Waals surface area (Å²) in [6, 6.07) is 19.3. The minimum absolute atomic E-state index is 0.171. The summed E-state index contributed by atoms with van der Waals surface area (Å²) >= 11 is 1.20. The first-order valence-corrected chi connectivity index (χ1v) is 12.5. The molecule has 1 atom stereocenters. The summed E-state index contributed by atoms with van der Waals surface area (Å²) in [5, 5.41) is 3.12. The van der Waals surface area contributed by atoms with Gasteiger partial charge in [0, 0.05) is 5.69 Å². The molecule has 0 spiro atoms. The lowest BCUT2D eigenvalue weighted by Gasteiger charge is -2.15. The molecule has 0 aliphatic carbocycles. The van der Waals surface area contributed by atoms with Gasteiger partial charge in [-0.25, -0.2) is 13.4 Å². The van der Waals surface area contributed by atoms with Crippen molar-refractivity contribution in [2.75, 3.05) is 10.0 Å². The van der Waals surface area contributed by atoms with Gasteiger partial charge in [-0.3, -0.25) is 9.52 Å². The van der Waals surface area contributed by atoms with Crippen LogP contribution in [0.2, 0.25) is 0 Å². The lowest BCUT2D eigenvalue weighted by molar-refractivity contribution is -0.122. The number of hydrogen-bond donors (Lipinski definition) is 2. The summed E-state index contributed by atoms with van der Waals surface area (Å²) in [4.78, 5) is 17.2. The zero-order valence-corrected chi connectivity index (χ0v) is 20.0. The van der Waals surface area contributed by atoms with E-state index in [0.29, 0.717) is 17.0 Å². The van der Waals surface area contributed by atoms with Crippen molar-refractivity contribution in [3.05, 3.63) is 77.9 Å². The third-order valence-electron chi connectivity index (χ3n) is 4.93. The molecule has 0 saturated heterocycles. The van der Waals surface area contributed by atoms with E-state index in [4.69, 9.17) is 4.74 Å². The number of benzene rings is 3. The van der Waals surface area contributed by atoms with Gasteiger partial charge in [0.15, 0.2) is 11.2 Å². The molecular weight excluding hydrogens is 458 g/mol. The highest BCUT2D eigenvalue weighted by Gasteiger charge is 2.19. The number of carbonyl (C=O) groups excluding carboxylic acids is 1. The normalized spacial score (nSPS) is 12.3. The number of para-hydroxylation sites is 1. The van der Waals surface area contributed by atoms with Crippen molar-refractivity contribution in [3.8, 4) is 5.75 Å². The van der Waals surface area contributed by atoms with E-state index in [9.17, 15) is 13.2 Å². The highest BCUT2D eigenvalue weighted by molar-refractivity contribution is 7.93. The maximum Gasteiger partial charge on any atom is 0.265 e. The Kier molecular flexibility index (Phi) is 6.35. The Morgan fingerprint density at radius 2 is 1.73 bits per heavy atom. The van der Waals surface area contributed by atoms with Crippen LogP contribution in [0.5, 0.6) is 5.75 Å². The third-order valence-corrected chi connectivity index (χ3v) is 7.33. The molecule has 4 rings (SSSR count). The van der Waals surface area contributed by atoms with Gasteiger partial charge in [-0.2, -0.15) is 0 Å². The molecule has 4 aromatic rings. The number of sulfonamides is 1. The van der Waals surface area contributed by atoms with Crippen molar-refractivity contribution in [3.63, 3.8) is 0 Å². The van der Waals surface area contributed by atoms with Crippen LogP contribution in [-0.4, -0.2) is 25.4 Å². The minimum Gasteiger partial charge on any atom is -0.481 e. The Hall–Kier alpha value is -3.43. The Morgan fingerprint density at radius 3 is 2.42 bits per heavy atom. The van der Waals surface area contributed by atoms with E-state index >= 15 is 0 Å². The van der Waals surface area contributed by atoms with Gasteiger partial charge < -0.3 is 10.1 Å². The highest BCUT2D eigenvalue weighted by Crippen LogP contribution is 2.32. The van der Waals surface area contributed by atoms with Crippen LogP contribution < -0.4 is 14.8 Å². The molecule has 2 N–H and O–H groups in total. The number of aromatic nitrogens is 1. The van der Waals surface area contributed by atoms with Gasteiger partial charge in [-0.05, 0) is 62.7 Å². The lowest BCUT2D eigenvalue weighted by atomic mass is 10.2. The molecule has 7 nitrogen and oxygen atoms in total. The summed E-state index contributed by atoms with van der Waals surface area (Å²) < 4.78 is 34.4. The molecular formula is C24H23N3O4S2. The Bertz CT molecular complexity index is 1400. The molecule has 0 aliphatic rings. The number of carbonyl (C=O) groups is 1. The summed E-state index contributed by atoms with van der Waals surface area (Å²) in [7, 11) is -3.75. The van der Waals surface area contributed by atoms with Crippen LogP contribution >= 0.6 is 11.3 Å². The Morgan fingerprint density at radius 1 is 1.03 bits per heavy atom. The van der Waals surface area contributed by atoms with E-state index < -0.39 is 16.1 Å². The van der Waals surface area contributed by atoms with Gasteiger partial charge in [-0.15, -0.1) is 0 Å². The molecule has 3 aromatic carbocycles. The van der Waals surface area contributed by atoms with E-state index in [-0.39, 0.29) is 15.9 Å². The molecule has 1 amide bonds. The molecule has 0 radical (unpaired) electrons. The quantitative estimate of drug-likeness (QED) is 0.382. The van der Waals surface area contributed by atoms with Crippen LogP contribution in [0.25, 0.3) is 10.2 Å². The van der Waals surface area contributed by atoms with Gasteiger partial charge in [0.25, 0.3) is 15.9 Å². The van der Waals surface area contributed by atoms with Crippen LogP contribution in [0.4, 0.5) is 10.8 Å². The van der Waals surface area contributed by atoms with Crippen LogP contribution in [0, 0.1) is 13.8 Å². The average Bonchev–Trinajstić information content (AvgIpc) is 3.17. The van der Waals surface area contributed by atoms with Crippen LogP contribution in [0.15, 0.2) is 71.6 Å². The number of aryl methyl sites for hydroxylation is 2. The predicted octanol–water partition coefficient (Wildman–Crippen LogP) is 5.12. The first kappa shape index (κ1) is 22.8. The molecule has 1 heterocycles. The van der Waals surface area contributed by atoms with Crippen molar-refractivity contribution in [2.24, 2.45) is 0 Å². The fourth-order valence-corrected chi connectivity index (χ4v) is 5.42. The lowest BCUT2D eigenvalue weighted by Crippen LogP contribution is -2.30. The number of nitrogens with zero attached hydrogens (tertiary/aromatic N) is 1. The molecule has 0 unspecified atom stereocenters. The maximum absolute atomic E-state index is 12.7. The smallest absolute Gasteiger partial charge is 0.265 e. The average molecular weight is 482 g/mol. The first-order chi connectivity index (χ1) is 15.7. The zero-order chi connectivity index (χ0) is 23.6. The second-order valence-electron chi connectivity index (χ2n) is 7.64. The van der Waals surface area contributed by atoms with Crippen molar-refractivity contribution in [1.82, 2.24) is 4.98 Å². The minimum atomic E-state index is -3.75. The van der Waals surface area contributed by atoms with Crippen molar-refractivity contribution in [1.29, 1.82) is 0 Å². The number of nitrogens with one attached hydrogen (secondary N) is 2. The molecule has 0 aliphatic heterocycles. The second-order valence-corrected chi connectivity index (χ2v) is 10.4. The van der Waals surface area contributed by atoms with Gasteiger partial charge >= 0.3 is 0 Å². The van der Waals surface area contributed by atoms with Gasteiger partial charge in [-0.1, -0.05) is 47.2 Å². The fraction of sp³-hybridized carbons (Fsp3) is 0.167. The number of rotatable bonds is 7. The predicted molar refractivity (Wildman–Crippen MR) is 132 cm³/mol. The van der Waals surface area contributed by atoms with E-state index in [2.05, 4.69) is 15.0 Å². The van der Waals surface area contributed by atoms with Gasteiger partial charge in [0.2, 0.25) is 0 Å². The van der Waals surface area contributed by atoms with Crippen molar-refractivity contribution >= 4 is 48.3 Å². The van der Waals surface area contributed by atoms with E-state index in [1.165, 1.54) is 11.3 Å². The van der Waals surface area contributed by atoms with Crippen LogP contribution in [-0.2, 0) is 14.8 Å². The van der Waals surface area contributed by atoms with E-state index in [1.54, 1.807) is 55.5 Å². The second kappa shape index (κ2) is 9.21. The zero-order valence-electron chi connectivity index (χ0n) is 18.3. The standard InChI is InChI=1S/C24H23N3O4S2/c1-15-9-11-20(12-10-15)33(29,30)27-24-26-22-16(2)13-18(14-21(22)32-24)25-23(28)17(3)31-19-7-5-4-6-8-19/h4-14,17H,1-3H3,(H,25,28)(H,26,27)/t17-/m0/s1. The van der Waals surface area contributed by atoms with Crippen molar-refractivity contribution < 1.29 is 17.9 Å². The Balaban J connectivity index is 1.51. The van der Waals surface area contributed by atoms with Crippen LogP contribution in [0.3, 0.4) is 0 Å². The molecule has 0 fully saturated rings. The summed E-state index contributed by atoms with van der Waals surface area (Å²) in [6.45, 7) is 5.43. The van der Waals surface area contributed by atoms with E-state index in [0.717, 1.165) is 15.8 Å².